The van der Waals surface area contributed by atoms with E-state index in [1.54, 1.807) is 11.3 Å². The molecule has 0 aliphatic rings. The molecule has 1 aromatic rings. The third-order valence-corrected chi connectivity index (χ3v) is 2.76. The van der Waals surface area contributed by atoms with Crippen molar-refractivity contribution < 1.29 is 0 Å². The second kappa shape index (κ2) is 3.67. The highest BCUT2D eigenvalue weighted by Crippen LogP contribution is 2.24. The van der Waals surface area contributed by atoms with Gasteiger partial charge in [0, 0.05) is 11.6 Å². The zero-order valence-electron chi connectivity index (χ0n) is 7.00. The number of thiazole rings is 1. The average molecular weight is 167 g/mol. The molecule has 11 heavy (non-hydrogen) atoms. The third kappa shape index (κ3) is 1.90. The molecule has 0 aromatic carbocycles. The quantitative estimate of drug-likeness (QED) is 0.673. The average Bonchev–Trinajstić information content (AvgIpc) is 2.53. The fraction of sp³-hybridized carbons (Fsp3) is 0.444. The Kier molecular flexibility index (Phi) is 2.83. The Bertz CT molecular complexity index is 226. The second-order valence-corrected chi connectivity index (χ2v) is 3.57. The van der Waals surface area contributed by atoms with Crippen LogP contribution in [0.5, 0.6) is 0 Å². The minimum atomic E-state index is 0.557. The Hall–Kier alpha value is -0.630. The first-order chi connectivity index (χ1) is 5.25. The normalized spacial score (nSPS) is 12.9. The molecule has 0 radical (unpaired) electrons. The van der Waals surface area contributed by atoms with Crippen LogP contribution in [0.1, 0.15) is 25.3 Å². The maximum Gasteiger partial charge on any atom is 0.118 e. The summed E-state index contributed by atoms with van der Waals surface area (Å²) in [5.74, 6) is 0.557. The predicted molar refractivity (Wildman–Crippen MR) is 50.6 cm³/mol. The zero-order valence-corrected chi connectivity index (χ0v) is 7.82. The van der Waals surface area contributed by atoms with E-state index in [0.29, 0.717) is 5.92 Å². The molecule has 0 aliphatic heterocycles. The van der Waals surface area contributed by atoms with Crippen LogP contribution in [-0.4, -0.2) is 4.98 Å². The Balaban J connectivity index is 2.70. The molecule has 0 spiro atoms. The van der Waals surface area contributed by atoms with E-state index in [2.05, 4.69) is 25.4 Å². The van der Waals surface area contributed by atoms with Gasteiger partial charge in [-0.3, -0.25) is 0 Å². The van der Waals surface area contributed by atoms with E-state index >= 15 is 0 Å². The van der Waals surface area contributed by atoms with Crippen LogP contribution in [0, 0.1) is 5.92 Å². The first-order valence-electron chi connectivity index (χ1n) is 3.84. The number of rotatable bonds is 3. The Morgan fingerprint density at radius 2 is 2.55 bits per heavy atom. The molecule has 0 N–H and O–H groups in total. The fourth-order valence-electron chi connectivity index (χ4n) is 0.839. The maximum atomic E-state index is 4.20. The summed E-state index contributed by atoms with van der Waals surface area (Å²) in [6.45, 7) is 8.37. The van der Waals surface area contributed by atoms with Gasteiger partial charge in [0.15, 0.2) is 0 Å². The van der Waals surface area contributed by atoms with Gasteiger partial charge in [0.25, 0.3) is 0 Å². The van der Waals surface area contributed by atoms with Crippen molar-refractivity contribution in [3.63, 3.8) is 0 Å². The minimum Gasteiger partial charge on any atom is -0.245 e. The minimum absolute atomic E-state index is 0.557. The number of nitrogens with zero attached hydrogens (tertiary/aromatic N) is 1. The van der Waals surface area contributed by atoms with Crippen molar-refractivity contribution in [1.29, 1.82) is 0 Å². The van der Waals surface area contributed by atoms with E-state index in [1.807, 2.05) is 11.6 Å². The van der Waals surface area contributed by atoms with Crippen molar-refractivity contribution in [2.75, 3.05) is 0 Å². The summed E-state index contributed by atoms with van der Waals surface area (Å²) < 4.78 is 0. The smallest absolute Gasteiger partial charge is 0.118 e. The van der Waals surface area contributed by atoms with E-state index in [-0.39, 0.29) is 0 Å². The van der Waals surface area contributed by atoms with Crippen LogP contribution in [0.25, 0.3) is 5.57 Å². The molecule has 0 saturated carbocycles. The van der Waals surface area contributed by atoms with Gasteiger partial charge < -0.3 is 0 Å². The number of hydrogen-bond donors (Lipinski definition) is 0. The van der Waals surface area contributed by atoms with Crippen LogP contribution in [-0.2, 0) is 0 Å². The predicted octanol–water partition coefficient (Wildman–Crippen LogP) is 3.20. The highest BCUT2D eigenvalue weighted by molar-refractivity contribution is 7.10. The van der Waals surface area contributed by atoms with Gasteiger partial charge in [-0.15, -0.1) is 11.3 Å². The van der Waals surface area contributed by atoms with E-state index in [9.17, 15) is 0 Å². The lowest BCUT2D eigenvalue weighted by Crippen LogP contribution is -1.94. The second-order valence-electron chi connectivity index (χ2n) is 2.67. The van der Waals surface area contributed by atoms with Crippen LogP contribution in [0.15, 0.2) is 18.2 Å². The number of aromatic nitrogens is 1. The van der Waals surface area contributed by atoms with E-state index in [0.717, 1.165) is 11.4 Å². The Morgan fingerprint density at radius 1 is 1.82 bits per heavy atom. The van der Waals surface area contributed by atoms with E-state index in [1.165, 1.54) is 5.57 Å². The fourth-order valence-corrected chi connectivity index (χ4v) is 1.56. The lowest BCUT2D eigenvalue weighted by Gasteiger charge is -2.08. The highest BCUT2D eigenvalue weighted by atomic mass is 32.1. The van der Waals surface area contributed by atoms with E-state index in [4.69, 9.17) is 0 Å². The van der Waals surface area contributed by atoms with Crippen LogP contribution in [0.2, 0.25) is 0 Å². The van der Waals surface area contributed by atoms with Gasteiger partial charge in [-0.25, -0.2) is 4.98 Å². The summed E-state index contributed by atoms with van der Waals surface area (Å²) in [4.78, 5) is 4.20. The van der Waals surface area contributed by atoms with Crippen LogP contribution >= 0.6 is 11.3 Å². The molecule has 0 fully saturated rings. The van der Waals surface area contributed by atoms with E-state index < -0.39 is 0 Å². The van der Waals surface area contributed by atoms with Crippen LogP contribution in [0.4, 0.5) is 0 Å². The standard InChI is InChI=1S/C9H13NS/c1-4-7(2)8(3)9-10-5-6-11-9/h5-7H,3-4H2,1-2H3. The van der Waals surface area contributed by atoms with Gasteiger partial charge in [-0.2, -0.15) is 0 Å². The van der Waals surface area contributed by atoms with Gasteiger partial charge in [0.1, 0.15) is 5.01 Å². The summed E-state index contributed by atoms with van der Waals surface area (Å²) in [6.07, 6.45) is 2.96. The largest absolute Gasteiger partial charge is 0.245 e. The molecule has 0 saturated heterocycles. The van der Waals surface area contributed by atoms with Gasteiger partial charge in [0.2, 0.25) is 0 Å². The molecule has 1 atom stereocenters. The van der Waals surface area contributed by atoms with Crippen LogP contribution < -0.4 is 0 Å². The molecular formula is C9H13NS. The van der Waals surface area contributed by atoms with Gasteiger partial charge in [-0.05, 0) is 17.9 Å². The molecule has 0 amide bonds. The molecule has 1 heterocycles. The molecule has 1 nitrogen and oxygen atoms in total. The Morgan fingerprint density at radius 3 is 3.00 bits per heavy atom. The summed E-state index contributed by atoms with van der Waals surface area (Å²) in [5, 5.41) is 3.07. The number of hydrogen-bond acceptors (Lipinski definition) is 2. The molecule has 1 rings (SSSR count). The zero-order chi connectivity index (χ0) is 8.27. The van der Waals surface area contributed by atoms with Crippen molar-refractivity contribution in [3.8, 4) is 0 Å². The SMILES string of the molecule is C=C(c1nccs1)C(C)CC. The molecule has 0 aliphatic carbocycles. The third-order valence-electron chi connectivity index (χ3n) is 1.91. The summed E-state index contributed by atoms with van der Waals surface area (Å²) in [5.41, 5.74) is 1.17. The van der Waals surface area contributed by atoms with Gasteiger partial charge in [-0.1, -0.05) is 20.4 Å². The summed E-state index contributed by atoms with van der Waals surface area (Å²) in [7, 11) is 0. The first kappa shape index (κ1) is 8.47. The lowest BCUT2D eigenvalue weighted by atomic mass is 10.0. The molecule has 0 bridgehead atoms. The molecule has 1 aromatic heterocycles. The van der Waals surface area contributed by atoms with Crippen molar-refractivity contribution in [3.05, 3.63) is 23.2 Å². The summed E-state index contributed by atoms with van der Waals surface area (Å²) >= 11 is 1.66. The summed E-state index contributed by atoms with van der Waals surface area (Å²) in [6, 6.07) is 0. The number of allylic oxidation sites excluding steroid dienone is 1. The molecule has 2 heteroatoms. The Labute approximate surface area is 71.8 Å². The van der Waals surface area contributed by atoms with Crippen molar-refractivity contribution >= 4 is 16.9 Å². The molecular weight excluding hydrogens is 154 g/mol. The van der Waals surface area contributed by atoms with Crippen molar-refractivity contribution in [2.45, 2.75) is 20.3 Å². The van der Waals surface area contributed by atoms with Crippen molar-refractivity contribution in [2.24, 2.45) is 5.92 Å². The molecule has 60 valence electrons. The van der Waals surface area contributed by atoms with Gasteiger partial charge in [0.05, 0.1) is 0 Å². The molecule has 1 unspecified atom stereocenters. The first-order valence-corrected chi connectivity index (χ1v) is 4.72. The highest BCUT2D eigenvalue weighted by Gasteiger charge is 2.07. The van der Waals surface area contributed by atoms with Crippen molar-refractivity contribution in [1.82, 2.24) is 4.98 Å². The van der Waals surface area contributed by atoms with Crippen LogP contribution in [0.3, 0.4) is 0 Å². The topological polar surface area (TPSA) is 12.9 Å². The maximum absolute atomic E-state index is 4.20. The lowest BCUT2D eigenvalue weighted by molar-refractivity contribution is 0.718. The van der Waals surface area contributed by atoms with Gasteiger partial charge >= 0.3 is 0 Å². The monoisotopic (exact) mass is 167 g/mol.